The van der Waals surface area contributed by atoms with Crippen molar-refractivity contribution in [2.24, 2.45) is 0 Å². The molecule has 0 spiro atoms. The summed E-state index contributed by atoms with van der Waals surface area (Å²) in [5, 5.41) is 20.0. The van der Waals surface area contributed by atoms with Crippen molar-refractivity contribution in [3.05, 3.63) is 0 Å². The Labute approximate surface area is 111 Å². The molecule has 0 aromatic rings. The maximum Gasteiger partial charge on any atom is 0.326 e. The first-order valence-electron chi connectivity index (χ1n) is 6.10. The van der Waals surface area contributed by atoms with Crippen LogP contribution >= 0.6 is 0 Å². The Bertz CT molecular complexity index is 352. The van der Waals surface area contributed by atoms with Crippen LogP contribution < -0.4 is 5.32 Å². The molecule has 0 bridgehead atoms. The van der Waals surface area contributed by atoms with E-state index in [1.54, 1.807) is 4.90 Å². The minimum Gasteiger partial charge on any atom is -0.480 e. The average molecular weight is 273 g/mol. The normalized spacial score (nSPS) is 16.9. The van der Waals surface area contributed by atoms with Gasteiger partial charge in [-0.05, 0) is 0 Å². The molecule has 8 nitrogen and oxygen atoms in total. The zero-order valence-electron chi connectivity index (χ0n) is 10.8. The fourth-order valence-corrected chi connectivity index (χ4v) is 1.85. The smallest absolute Gasteiger partial charge is 0.326 e. The summed E-state index contributed by atoms with van der Waals surface area (Å²) in [5.41, 5.74) is 0. The van der Waals surface area contributed by atoms with Gasteiger partial charge in [0, 0.05) is 46.1 Å². The quantitative estimate of drug-likeness (QED) is 0.589. The van der Waals surface area contributed by atoms with Crippen molar-refractivity contribution in [1.82, 2.24) is 15.1 Å². The summed E-state index contributed by atoms with van der Waals surface area (Å²) >= 11 is 0. The summed E-state index contributed by atoms with van der Waals surface area (Å²) in [6, 6.07) is -1.58. The monoisotopic (exact) mass is 273 g/mol. The summed E-state index contributed by atoms with van der Waals surface area (Å²) < 4.78 is 0. The number of nitrogens with zero attached hydrogens (tertiary/aromatic N) is 2. The number of carboxylic acid groups (broad SMARTS) is 1. The van der Waals surface area contributed by atoms with Crippen LogP contribution in [0.5, 0.6) is 0 Å². The summed E-state index contributed by atoms with van der Waals surface area (Å²) in [5.74, 6) is -1.21. The second-order valence-electron chi connectivity index (χ2n) is 4.35. The van der Waals surface area contributed by atoms with Crippen LogP contribution in [-0.2, 0) is 9.59 Å². The second kappa shape index (κ2) is 6.93. The van der Waals surface area contributed by atoms with Gasteiger partial charge in [0.25, 0.3) is 0 Å². The lowest BCUT2D eigenvalue weighted by Gasteiger charge is -2.34. The number of carbonyl (C=O) groups excluding carboxylic acids is 2. The molecule has 1 aliphatic rings. The topological polar surface area (TPSA) is 110 Å². The van der Waals surface area contributed by atoms with Crippen molar-refractivity contribution in [2.75, 3.05) is 32.8 Å². The molecule has 108 valence electrons. The maximum atomic E-state index is 11.8. The largest absolute Gasteiger partial charge is 0.480 e. The van der Waals surface area contributed by atoms with Gasteiger partial charge in [-0.25, -0.2) is 9.59 Å². The zero-order valence-corrected chi connectivity index (χ0v) is 10.8. The van der Waals surface area contributed by atoms with Crippen LogP contribution in [0.15, 0.2) is 0 Å². The highest BCUT2D eigenvalue weighted by molar-refractivity contribution is 5.82. The number of nitrogens with one attached hydrogen (secondary N) is 1. The molecule has 1 saturated heterocycles. The summed E-state index contributed by atoms with van der Waals surface area (Å²) in [6.45, 7) is 2.79. The van der Waals surface area contributed by atoms with E-state index in [2.05, 4.69) is 5.32 Å². The summed E-state index contributed by atoms with van der Waals surface area (Å²) in [4.78, 5) is 36.9. The van der Waals surface area contributed by atoms with Gasteiger partial charge >= 0.3 is 12.0 Å². The predicted octanol–water partition coefficient (Wildman–Crippen LogP) is -1.30. The lowest BCUT2D eigenvalue weighted by Crippen LogP contribution is -2.55. The van der Waals surface area contributed by atoms with Gasteiger partial charge in [-0.15, -0.1) is 0 Å². The number of aliphatic carboxylic acids is 1. The third-order valence-corrected chi connectivity index (χ3v) is 3.03. The molecule has 1 rings (SSSR count). The van der Waals surface area contributed by atoms with Crippen molar-refractivity contribution < 1.29 is 24.6 Å². The third kappa shape index (κ3) is 4.40. The molecule has 1 aliphatic heterocycles. The van der Waals surface area contributed by atoms with Crippen molar-refractivity contribution in [3.8, 4) is 0 Å². The Balaban J connectivity index is 2.46. The zero-order chi connectivity index (χ0) is 14.4. The van der Waals surface area contributed by atoms with Crippen LogP contribution in [-0.4, -0.2) is 76.7 Å². The van der Waals surface area contributed by atoms with Gasteiger partial charge in [-0.1, -0.05) is 0 Å². The van der Waals surface area contributed by atoms with Crippen molar-refractivity contribution in [3.63, 3.8) is 0 Å². The van der Waals surface area contributed by atoms with E-state index in [1.165, 1.54) is 11.8 Å². The molecule has 1 fully saturated rings. The Morgan fingerprint density at radius 2 is 1.68 bits per heavy atom. The van der Waals surface area contributed by atoms with Crippen LogP contribution in [0.25, 0.3) is 0 Å². The predicted molar refractivity (Wildman–Crippen MR) is 65.5 cm³/mol. The Morgan fingerprint density at radius 3 is 2.11 bits per heavy atom. The first-order valence-corrected chi connectivity index (χ1v) is 6.10. The molecule has 0 aromatic heterocycles. The number of rotatable bonds is 4. The van der Waals surface area contributed by atoms with E-state index in [9.17, 15) is 14.4 Å². The van der Waals surface area contributed by atoms with Crippen LogP contribution in [0.2, 0.25) is 0 Å². The molecule has 0 radical (unpaired) electrons. The van der Waals surface area contributed by atoms with Gasteiger partial charge in [0.1, 0.15) is 6.04 Å². The van der Waals surface area contributed by atoms with E-state index in [0.717, 1.165) is 0 Å². The minimum absolute atomic E-state index is 0.0332. The van der Waals surface area contributed by atoms with Gasteiger partial charge in [-0.2, -0.15) is 0 Å². The number of piperazine rings is 1. The molecule has 3 N–H and O–H groups in total. The van der Waals surface area contributed by atoms with Crippen molar-refractivity contribution >= 4 is 17.9 Å². The molecule has 19 heavy (non-hydrogen) atoms. The lowest BCUT2D eigenvalue weighted by molar-refractivity contribution is -0.139. The number of aliphatic hydroxyl groups is 1. The molecule has 0 unspecified atom stereocenters. The number of aliphatic hydroxyl groups excluding tert-OH is 1. The summed E-state index contributed by atoms with van der Waals surface area (Å²) in [6.07, 6.45) is -0.0332. The van der Waals surface area contributed by atoms with Gasteiger partial charge in [0.05, 0.1) is 0 Å². The van der Waals surface area contributed by atoms with Gasteiger partial charge in [0.2, 0.25) is 5.91 Å². The van der Waals surface area contributed by atoms with Gasteiger partial charge < -0.3 is 25.3 Å². The summed E-state index contributed by atoms with van der Waals surface area (Å²) in [7, 11) is 0. The van der Waals surface area contributed by atoms with Gasteiger partial charge in [-0.3, -0.25) is 4.79 Å². The third-order valence-electron chi connectivity index (χ3n) is 3.03. The van der Waals surface area contributed by atoms with Gasteiger partial charge in [0.15, 0.2) is 0 Å². The first-order chi connectivity index (χ1) is 8.95. The number of amides is 3. The number of carbonyl (C=O) groups is 3. The van der Waals surface area contributed by atoms with E-state index < -0.39 is 18.0 Å². The van der Waals surface area contributed by atoms with Crippen LogP contribution in [0, 0.1) is 0 Å². The van der Waals surface area contributed by atoms with E-state index in [0.29, 0.717) is 26.2 Å². The van der Waals surface area contributed by atoms with E-state index in [1.807, 2.05) is 0 Å². The Kier molecular flexibility index (Phi) is 5.56. The molecule has 1 atom stereocenters. The standard InChI is InChI=1S/C11H19N3O5/c1-8(16)13-3-5-14(6-4-13)11(19)12-9(2-7-15)10(17)18/h9,15H,2-7H2,1H3,(H,12,19)(H,17,18)/t9-/m0/s1. The Morgan fingerprint density at radius 1 is 1.16 bits per heavy atom. The van der Waals surface area contributed by atoms with Crippen LogP contribution in [0.4, 0.5) is 4.79 Å². The second-order valence-corrected chi connectivity index (χ2v) is 4.35. The molecule has 3 amide bonds. The average Bonchev–Trinajstić information content (AvgIpc) is 2.38. The molecular weight excluding hydrogens is 254 g/mol. The van der Waals surface area contributed by atoms with E-state index in [4.69, 9.17) is 10.2 Å². The lowest BCUT2D eigenvalue weighted by atomic mass is 10.2. The maximum absolute atomic E-state index is 11.8. The fourth-order valence-electron chi connectivity index (χ4n) is 1.85. The first kappa shape index (κ1) is 15.2. The van der Waals surface area contributed by atoms with Crippen molar-refractivity contribution in [1.29, 1.82) is 0 Å². The number of hydrogen-bond donors (Lipinski definition) is 3. The number of hydrogen-bond acceptors (Lipinski definition) is 4. The van der Waals surface area contributed by atoms with Crippen LogP contribution in [0.1, 0.15) is 13.3 Å². The Hall–Kier alpha value is -1.83. The van der Waals surface area contributed by atoms with E-state index in [-0.39, 0.29) is 18.9 Å². The SMILES string of the molecule is CC(=O)N1CCN(C(=O)N[C@@H](CCO)C(=O)O)CC1. The number of urea groups is 1. The highest BCUT2D eigenvalue weighted by Crippen LogP contribution is 2.03. The molecule has 0 aliphatic carbocycles. The highest BCUT2D eigenvalue weighted by Gasteiger charge is 2.26. The highest BCUT2D eigenvalue weighted by atomic mass is 16.4. The molecule has 0 saturated carbocycles. The molecular formula is C11H19N3O5. The molecule has 1 heterocycles. The minimum atomic E-state index is -1.18. The van der Waals surface area contributed by atoms with Crippen LogP contribution in [0.3, 0.4) is 0 Å². The fraction of sp³-hybridized carbons (Fsp3) is 0.727. The number of carboxylic acids is 1. The molecule has 8 heteroatoms. The van der Waals surface area contributed by atoms with Crippen molar-refractivity contribution in [2.45, 2.75) is 19.4 Å². The van der Waals surface area contributed by atoms with E-state index >= 15 is 0 Å². The molecule has 0 aromatic carbocycles.